The van der Waals surface area contributed by atoms with Crippen molar-refractivity contribution in [2.24, 2.45) is 0 Å². The van der Waals surface area contributed by atoms with E-state index in [2.05, 4.69) is 32.9 Å². The predicted molar refractivity (Wildman–Crippen MR) is 98.8 cm³/mol. The quantitative estimate of drug-likeness (QED) is 0.800. The van der Waals surface area contributed by atoms with Crippen LogP contribution in [0.3, 0.4) is 0 Å². The Kier molecular flexibility index (Phi) is 4.93. The van der Waals surface area contributed by atoms with Crippen molar-refractivity contribution in [1.29, 1.82) is 0 Å². The lowest BCUT2D eigenvalue weighted by molar-refractivity contribution is -0.127. The van der Waals surface area contributed by atoms with Crippen LogP contribution >= 0.6 is 0 Å². The Hall–Kier alpha value is -2.34. The highest BCUT2D eigenvalue weighted by molar-refractivity contribution is 5.78. The number of para-hydroxylation sites is 1. The van der Waals surface area contributed by atoms with Gasteiger partial charge in [0.2, 0.25) is 5.91 Å². The summed E-state index contributed by atoms with van der Waals surface area (Å²) in [5.41, 5.74) is 2.44. The van der Waals surface area contributed by atoms with Gasteiger partial charge in [0.15, 0.2) is 0 Å². The fourth-order valence-electron chi connectivity index (χ4n) is 4.12. The highest BCUT2D eigenvalue weighted by atomic mass is 16.5. The largest absolute Gasteiger partial charge is 0.496 e. The summed E-state index contributed by atoms with van der Waals surface area (Å²) in [6.45, 7) is 4.41. The molecule has 4 rings (SSSR count). The molecule has 0 radical (unpaired) electrons. The van der Waals surface area contributed by atoms with E-state index in [4.69, 9.17) is 4.74 Å². The molecule has 2 aromatic rings. The molecule has 1 fully saturated rings. The molecule has 0 N–H and O–H groups in total. The third-order valence-electron chi connectivity index (χ3n) is 5.44. The second-order valence-electron chi connectivity index (χ2n) is 7.18. The molecule has 2 aliphatic heterocycles. The van der Waals surface area contributed by atoms with Crippen LogP contribution in [-0.4, -0.2) is 52.2 Å². The molecule has 0 aliphatic carbocycles. The fraction of sp³-hybridized carbons (Fsp3) is 0.500. The molecule has 1 saturated heterocycles. The number of hydrogen-bond acceptors (Lipinski definition) is 4. The molecule has 0 unspecified atom stereocenters. The Morgan fingerprint density at radius 3 is 2.96 bits per heavy atom. The molecule has 138 valence electrons. The van der Waals surface area contributed by atoms with Gasteiger partial charge in [0.25, 0.3) is 0 Å². The molecule has 2 aliphatic rings. The maximum absolute atomic E-state index is 11.9. The van der Waals surface area contributed by atoms with E-state index in [1.165, 1.54) is 11.3 Å². The van der Waals surface area contributed by atoms with E-state index in [0.717, 1.165) is 51.3 Å². The SMILES string of the molecule is COc1ccccc1CN1Cc2ccnn2[C@H](CCN2CCCC2=O)C1. The van der Waals surface area contributed by atoms with Crippen molar-refractivity contribution in [2.45, 2.75) is 38.4 Å². The maximum Gasteiger partial charge on any atom is 0.222 e. The van der Waals surface area contributed by atoms with E-state index in [0.29, 0.717) is 18.4 Å². The van der Waals surface area contributed by atoms with E-state index in [1.54, 1.807) is 7.11 Å². The van der Waals surface area contributed by atoms with Gasteiger partial charge < -0.3 is 9.64 Å². The molecule has 1 aromatic heterocycles. The fourth-order valence-corrected chi connectivity index (χ4v) is 4.12. The summed E-state index contributed by atoms with van der Waals surface area (Å²) in [5.74, 6) is 1.23. The van der Waals surface area contributed by atoms with Crippen LogP contribution in [0, 0.1) is 0 Å². The Balaban J connectivity index is 1.46. The van der Waals surface area contributed by atoms with Crippen molar-refractivity contribution in [1.82, 2.24) is 19.6 Å². The molecule has 1 atom stereocenters. The lowest BCUT2D eigenvalue weighted by Gasteiger charge is -2.35. The van der Waals surface area contributed by atoms with E-state index < -0.39 is 0 Å². The van der Waals surface area contributed by atoms with Crippen LogP contribution in [0.2, 0.25) is 0 Å². The Morgan fingerprint density at radius 1 is 1.27 bits per heavy atom. The van der Waals surface area contributed by atoms with Gasteiger partial charge in [-0.1, -0.05) is 18.2 Å². The van der Waals surface area contributed by atoms with Crippen LogP contribution in [0.4, 0.5) is 0 Å². The van der Waals surface area contributed by atoms with Gasteiger partial charge in [-0.2, -0.15) is 5.10 Å². The summed E-state index contributed by atoms with van der Waals surface area (Å²) >= 11 is 0. The lowest BCUT2D eigenvalue weighted by atomic mass is 10.1. The van der Waals surface area contributed by atoms with Crippen molar-refractivity contribution in [3.8, 4) is 5.75 Å². The summed E-state index contributed by atoms with van der Waals surface area (Å²) in [5, 5.41) is 4.54. The molecule has 1 amide bonds. The minimum atomic E-state index is 0.298. The lowest BCUT2D eigenvalue weighted by Crippen LogP contribution is -2.39. The summed E-state index contributed by atoms with van der Waals surface area (Å²) in [6.07, 6.45) is 4.53. The second kappa shape index (κ2) is 7.50. The zero-order valence-electron chi connectivity index (χ0n) is 15.3. The molecule has 1 aromatic carbocycles. The summed E-state index contributed by atoms with van der Waals surface area (Å²) in [7, 11) is 1.72. The first-order valence-electron chi connectivity index (χ1n) is 9.39. The summed E-state index contributed by atoms with van der Waals surface area (Å²) in [6, 6.07) is 10.6. The van der Waals surface area contributed by atoms with Gasteiger partial charge in [-0.25, -0.2) is 0 Å². The van der Waals surface area contributed by atoms with Crippen molar-refractivity contribution in [3.05, 3.63) is 47.8 Å². The minimum absolute atomic E-state index is 0.298. The summed E-state index contributed by atoms with van der Waals surface area (Å²) in [4.78, 5) is 16.3. The number of hydrogen-bond donors (Lipinski definition) is 0. The van der Waals surface area contributed by atoms with E-state index in [1.807, 2.05) is 23.2 Å². The number of carbonyl (C=O) groups excluding carboxylic acids is 1. The van der Waals surface area contributed by atoms with Gasteiger partial charge in [0.1, 0.15) is 5.75 Å². The van der Waals surface area contributed by atoms with Crippen molar-refractivity contribution >= 4 is 5.91 Å². The number of rotatable bonds is 6. The number of aromatic nitrogens is 2. The Morgan fingerprint density at radius 2 is 2.15 bits per heavy atom. The molecule has 6 nitrogen and oxygen atoms in total. The molecule has 6 heteroatoms. The van der Waals surface area contributed by atoms with Crippen molar-refractivity contribution in [3.63, 3.8) is 0 Å². The van der Waals surface area contributed by atoms with Crippen molar-refractivity contribution in [2.75, 3.05) is 26.7 Å². The number of amides is 1. The molecular formula is C20H26N4O2. The van der Waals surface area contributed by atoms with Crippen LogP contribution in [-0.2, 0) is 17.9 Å². The normalized spacial score (nSPS) is 20.4. The highest BCUT2D eigenvalue weighted by Gasteiger charge is 2.28. The van der Waals surface area contributed by atoms with Gasteiger partial charge in [0.05, 0.1) is 18.8 Å². The van der Waals surface area contributed by atoms with Gasteiger partial charge in [-0.3, -0.25) is 14.4 Å². The zero-order chi connectivity index (χ0) is 17.9. The van der Waals surface area contributed by atoms with E-state index in [9.17, 15) is 4.79 Å². The second-order valence-corrected chi connectivity index (χ2v) is 7.18. The average Bonchev–Trinajstić information content (AvgIpc) is 3.29. The van der Waals surface area contributed by atoms with E-state index in [-0.39, 0.29) is 0 Å². The van der Waals surface area contributed by atoms with Gasteiger partial charge in [0, 0.05) is 50.9 Å². The predicted octanol–water partition coefficient (Wildman–Crippen LogP) is 2.46. The molecule has 0 saturated carbocycles. The molecular weight excluding hydrogens is 328 g/mol. The number of ether oxygens (including phenoxy) is 1. The summed E-state index contributed by atoms with van der Waals surface area (Å²) < 4.78 is 7.66. The number of methoxy groups -OCH3 is 1. The topological polar surface area (TPSA) is 50.6 Å². The first-order valence-corrected chi connectivity index (χ1v) is 9.39. The van der Waals surface area contributed by atoms with Gasteiger partial charge in [-0.15, -0.1) is 0 Å². The molecule has 0 spiro atoms. The first kappa shape index (κ1) is 17.1. The number of nitrogens with zero attached hydrogens (tertiary/aromatic N) is 4. The number of likely N-dealkylation sites (tertiary alicyclic amines) is 1. The maximum atomic E-state index is 11.9. The zero-order valence-corrected chi connectivity index (χ0v) is 15.3. The third kappa shape index (κ3) is 3.46. The third-order valence-corrected chi connectivity index (χ3v) is 5.44. The van der Waals surface area contributed by atoms with E-state index >= 15 is 0 Å². The smallest absolute Gasteiger partial charge is 0.222 e. The van der Waals surface area contributed by atoms with Gasteiger partial charge in [-0.05, 0) is 25.0 Å². The standard InChI is InChI=1S/C20H26N4O2/c1-26-19-6-3-2-5-16(19)13-22-14-17-8-10-21-24(17)18(15-22)9-12-23-11-4-7-20(23)25/h2-3,5-6,8,10,18H,4,7,9,11-15H2,1H3/t18-/m1/s1. The molecule has 26 heavy (non-hydrogen) atoms. The number of fused-ring (bicyclic) bond motifs is 1. The van der Waals surface area contributed by atoms with Crippen LogP contribution in [0.1, 0.15) is 36.6 Å². The number of carbonyl (C=O) groups is 1. The highest BCUT2D eigenvalue weighted by Crippen LogP contribution is 2.27. The number of benzene rings is 1. The monoisotopic (exact) mass is 354 g/mol. The van der Waals surface area contributed by atoms with Gasteiger partial charge >= 0.3 is 0 Å². The van der Waals surface area contributed by atoms with Crippen molar-refractivity contribution < 1.29 is 9.53 Å². The molecule has 3 heterocycles. The van der Waals surface area contributed by atoms with Crippen LogP contribution in [0.15, 0.2) is 36.5 Å². The Labute approximate surface area is 154 Å². The first-order chi connectivity index (χ1) is 12.7. The Bertz CT molecular complexity index is 773. The molecule has 0 bridgehead atoms. The van der Waals surface area contributed by atoms with Crippen LogP contribution < -0.4 is 4.74 Å². The minimum Gasteiger partial charge on any atom is -0.496 e. The van der Waals surface area contributed by atoms with Crippen LogP contribution in [0.25, 0.3) is 0 Å². The van der Waals surface area contributed by atoms with Crippen LogP contribution in [0.5, 0.6) is 5.75 Å². The average molecular weight is 354 g/mol.